The number of amides is 2. The second kappa shape index (κ2) is 11.9. The van der Waals surface area contributed by atoms with Gasteiger partial charge in [0.05, 0.1) is 17.7 Å². The van der Waals surface area contributed by atoms with E-state index in [1.54, 1.807) is 31.3 Å². The highest BCUT2D eigenvalue weighted by Crippen LogP contribution is 2.39. The summed E-state index contributed by atoms with van der Waals surface area (Å²) in [6, 6.07) is 11.8. The Labute approximate surface area is 228 Å². The van der Waals surface area contributed by atoms with Gasteiger partial charge in [0.15, 0.2) is 0 Å². The zero-order valence-electron chi connectivity index (χ0n) is 22.1. The molecular weight excluding hydrogens is 512 g/mol. The van der Waals surface area contributed by atoms with E-state index in [0.29, 0.717) is 28.2 Å². The minimum atomic E-state index is -3.19. The van der Waals surface area contributed by atoms with Crippen molar-refractivity contribution in [3.63, 3.8) is 0 Å². The Hall–Kier alpha value is -2.87. The highest BCUT2D eigenvalue weighted by atomic mass is 35.5. The number of rotatable bonds is 9. The zero-order chi connectivity index (χ0) is 27.4. The van der Waals surface area contributed by atoms with Crippen molar-refractivity contribution in [2.24, 2.45) is 11.8 Å². The minimum absolute atomic E-state index is 0.0657. The molecule has 2 aliphatic rings. The van der Waals surface area contributed by atoms with E-state index in [1.807, 2.05) is 12.1 Å². The van der Waals surface area contributed by atoms with Gasteiger partial charge in [-0.2, -0.15) is 0 Å². The molecule has 2 N–H and O–H groups in total. The van der Waals surface area contributed by atoms with Crippen molar-refractivity contribution < 1.29 is 23.1 Å². The molecule has 0 radical (unpaired) electrons. The summed E-state index contributed by atoms with van der Waals surface area (Å²) < 4.78 is 34.0. The van der Waals surface area contributed by atoms with Crippen molar-refractivity contribution in [3.05, 3.63) is 58.6 Å². The monoisotopic (exact) mass is 547 g/mol. The van der Waals surface area contributed by atoms with E-state index in [2.05, 4.69) is 15.5 Å². The number of nitrogens with one attached hydrogen (secondary N) is 2. The highest BCUT2D eigenvalue weighted by Gasteiger charge is 2.43. The number of carbonyl (C=O) groups is 2. The number of methoxy groups -OCH3 is 1. The van der Waals surface area contributed by atoms with Crippen LogP contribution < -0.4 is 20.3 Å². The summed E-state index contributed by atoms with van der Waals surface area (Å²) >= 11 is 6.32. The summed E-state index contributed by atoms with van der Waals surface area (Å²) in [7, 11) is 3.05. The maximum atomic E-state index is 14.4. The van der Waals surface area contributed by atoms with E-state index in [-0.39, 0.29) is 17.5 Å². The molecule has 1 aliphatic carbocycles. The molecule has 2 aromatic carbocycles. The molecule has 206 valence electrons. The number of alkyl halides is 2. The van der Waals surface area contributed by atoms with Crippen LogP contribution in [0.1, 0.15) is 60.9 Å². The Kier molecular flexibility index (Phi) is 8.81. The van der Waals surface area contributed by atoms with Crippen LogP contribution in [-0.2, 0) is 4.79 Å². The van der Waals surface area contributed by atoms with Crippen LogP contribution in [0.4, 0.5) is 14.5 Å². The van der Waals surface area contributed by atoms with Gasteiger partial charge in [-0.3, -0.25) is 9.59 Å². The summed E-state index contributed by atoms with van der Waals surface area (Å²) in [5.41, 5.74) is 1.74. The summed E-state index contributed by atoms with van der Waals surface area (Å²) in [4.78, 5) is 27.1. The SMILES string of the molecule is CNC(=O)c1ccc(N2CCC(CC3CC(NC(=O)C(c4cccc(OC)c4)C(C)(F)F)C3)CC2)cc1Cl. The Morgan fingerprint density at radius 1 is 1.13 bits per heavy atom. The number of nitrogens with zero attached hydrogens (tertiary/aromatic N) is 1. The van der Waals surface area contributed by atoms with Gasteiger partial charge in [-0.25, -0.2) is 8.78 Å². The van der Waals surface area contributed by atoms with Crippen molar-refractivity contribution >= 4 is 29.1 Å². The summed E-state index contributed by atoms with van der Waals surface area (Å²) in [5.74, 6) is -4.05. The van der Waals surface area contributed by atoms with Gasteiger partial charge in [-0.15, -0.1) is 0 Å². The molecule has 9 heteroatoms. The molecule has 6 nitrogen and oxygen atoms in total. The van der Waals surface area contributed by atoms with Crippen LogP contribution >= 0.6 is 11.6 Å². The molecule has 38 heavy (non-hydrogen) atoms. The van der Waals surface area contributed by atoms with Crippen LogP contribution in [0, 0.1) is 11.8 Å². The van der Waals surface area contributed by atoms with Crippen molar-refractivity contribution in [1.29, 1.82) is 0 Å². The first-order valence-corrected chi connectivity index (χ1v) is 13.6. The summed E-state index contributed by atoms with van der Waals surface area (Å²) in [6.07, 6.45) is 4.84. The van der Waals surface area contributed by atoms with Gasteiger partial charge < -0.3 is 20.3 Å². The van der Waals surface area contributed by atoms with Gasteiger partial charge in [0.25, 0.3) is 11.8 Å². The zero-order valence-corrected chi connectivity index (χ0v) is 22.9. The third kappa shape index (κ3) is 6.57. The van der Waals surface area contributed by atoms with Crippen molar-refractivity contribution in [3.8, 4) is 5.75 Å². The van der Waals surface area contributed by atoms with E-state index in [9.17, 15) is 18.4 Å². The average Bonchev–Trinajstić information content (AvgIpc) is 2.86. The van der Waals surface area contributed by atoms with Crippen LogP contribution in [0.15, 0.2) is 42.5 Å². The molecule has 1 heterocycles. The fourth-order valence-corrected chi connectivity index (χ4v) is 6.00. The van der Waals surface area contributed by atoms with Crippen LogP contribution in [-0.4, -0.2) is 51.0 Å². The molecule has 2 amide bonds. The van der Waals surface area contributed by atoms with E-state index in [0.717, 1.165) is 57.8 Å². The fourth-order valence-electron chi connectivity index (χ4n) is 5.74. The van der Waals surface area contributed by atoms with Crippen LogP contribution in [0.2, 0.25) is 5.02 Å². The molecular formula is C29H36ClF2N3O3. The third-order valence-electron chi connectivity index (χ3n) is 7.85. The van der Waals surface area contributed by atoms with E-state index in [1.165, 1.54) is 13.2 Å². The average molecular weight is 548 g/mol. The minimum Gasteiger partial charge on any atom is -0.497 e. The van der Waals surface area contributed by atoms with Gasteiger partial charge in [0, 0.05) is 38.8 Å². The fraction of sp³-hybridized carbons (Fsp3) is 0.517. The molecule has 0 spiro atoms. The molecule has 1 unspecified atom stereocenters. The smallest absolute Gasteiger partial charge is 0.260 e. The number of hydrogen-bond donors (Lipinski definition) is 2. The Morgan fingerprint density at radius 3 is 2.45 bits per heavy atom. The summed E-state index contributed by atoms with van der Waals surface area (Å²) in [6.45, 7) is 2.62. The number of anilines is 1. The number of piperidine rings is 1. The van der Waals surface area contributed by atoms with Crippen LogP contribution in [0.3, 0.4) is 0 Å². The molecule has 2 aromatic rings. The number of benzene rings is 2. The van der Waals surface area contributed by atoms with Crippen molar-refractivity contribution in [1.82, 2.24) is 10.6 Å². The van der Waals surface area contributed by atoms with E-state index < -0.39 is 17.7 Å². The molecule has 0 aromatic heterocycles. The van der Waals surface area contributed by atoms with Gasteiger partial charge in [-0.05, 0) is 79.8 Å². The number of carbonyl (C=O) groups excluding carboxylic acids is 2. The van der Waals surface area contributed by atoms with Gasteiger partial charge in [-0.1, -0.05) is 23.7 Å². The normalized spacial score (nSPS) is 20.8. The van der Waals surface area contributed by atoms with Gasteiger partial charge in [0.1, 0.15) is 11.7 Å². The van der Waals surface area contributed by atoms with E-state index >= 15 is 0 Å². The maximum absolute atomic E-state index is 14.4. The topological polar surface area (TPSA) is 70.7 Å². The Balaban J connectivity index is 1.24. The molecule has 1 atom stereocenters. The lowest BCUT2D eigenvalue weighted by Crippen LogP contribution is -2.49. The second-order valence-corrected chi connectivity index (χ2v) is 11.0. The predicted octanol–water partition coefficient (Wildman–Crippen LogP) is 5.65. The Morgan fingerprint density at radius 2 is 1.84 bits per heavy atom. The maximum Gasteiger partial charge on any atom is 0.260 e. The predicted molar refractivity (Wildman–Crippen MR) is 145 cm³/mol. The molecule has 4 rings (SSSR count). The highest BCUT2D eigenvalue weighted by molar-refractivity contribution is 6.34. The number of hydrogen-bond acceptors (Lipinski definition) is 4. The lowest BCUT2D eigenvalue weighted by atomic mass is 9.73. The van der Waals surface area contributed by atoms with Crippen molar-refractivity contribution in [2.45, 2.75) is 56.9 Å². The standard InChI is InChI=1S/C29H36ClF2N3O3/c1-29(31,32)26(20-5-4-6-23(16-20)38-3)28(37)34-21-14-19(15-21)13-18-9-11-35(12-10-18)22-7-8-24(25(30)17-22)27(36)33-2/h4-8,16-19,21,26H,9-15H2,1-3H3,(H,33,36)(H,34,37). The summed E-state index contributed by atoms with van der Waals surface area (Å²) in [5, 5.41) is 5.91. The van der Waals surface area contributed by atoms with Crippen molar-refractivity contribution in [2.75, 3.05) is 32.1 Å². The van der Waals surface area contributed by atoms with Crippen LogP contribution in [0.25, 0.3) is 0 Å². The quantitative estimate of drug-likeness (QED) is 0.426. The Bertz CT molecular complexity index is 1140. The van der Waals surface area contributed by atoms with Gasteiger partial charge in [0.2, 0.25) is 5.91 Å². The molecule has 1 saturated carbocycles. The molecule has 0 bridgehead atoms. The largest absolute Gasteiger partial charge is 0.497 e. The molecule has 1 saturated heterocycles. The van der Waals surface area contributed by atoms with E-state index in [4.69, 9.17) is 16.3 Å². The molecule has 2 fully saturated rings. The second-order valence-electron chi connectivity index (χ2n) is 10.6. The third-order valence-corrected chi connectivity index (χ3v) is 8.16. The first kappa shape index (κ1) is 28.1. The molecule has 1 aliphatic heterocycles. The van der Waals surface area contributed by atoms with Crippen LogP contribution in [0.5, 0.6) is 5.75 Å². The lowest BCUT2D eigenvalue weighted by Gasteiger charge is -2.41. The number of halogens is 3. The lowest BCUT2D eigenvalue weighted by molar-refractivity contribution is -0.132. The first-order valence-electron chi connectivity index (χ1n) is 13.2. The number of ether oxygens (including phenoxy) is 1. The van der Waals surface area contributed by atoms with Gasteiger partial charge >= 0.3 is 0 Å². The first-order chi connectivity index (χ1) is 18.1.